The van der Waals surface area contributed by atoms with Crippen LogP contribution in [-0.2, 0) is 6.42 Å². The van der Waals surface area contributed by atoms with Gasteiger partial charge in [-0.2, -0.15) is 0 Å². The second-order valence-corrected chi connectivity index (χ2v) is 6.13. The zero-order valence-electron chi connectivity index (χ0n) is 13.1. The predicted molar refractivity (Wildman–Crippen MR) is 93.4 cm³/mol. The lowest BCUT2D eigenvalue weighted by atomic mass is 9.79. The SMILES string of the molecule is C=CC(c1ccc2[nH]c(=O)c(CC)cc2c1)C1CC=CCC1. The van der Waals surface area contributed by atoms with Crippen LogP contribution in [0.25, 0.3) is 10.9 Å². The van der Waals surface area contributed by atoms with Gasteiger partial charge in [-0.15, -0.1) is 6.58 Å². The first kappa shape index (κ1) is 14.8. The van der Waals surface area contributed by atoms with Gasteiger partial charge in [-0.05, 0) is 60.7 Å². The highest BCUT2D eigenvalue weighted by molar-refractivity contribution is 5.80. The molecule has 2 nitrogen and oxygen atoms in total. The number of H-pyrrole nitrogens is 1. The van der Waals surface area contributed by atoms with Crippen molar-refractivity contribution in [3.05, 3.63) is 70.6 Å². The molecular weight excluding hydrogens is 270 g/mol. The summed E-state index contributed by atoms with van der Waals surface area (Å²) in [6, 6.07) is 8.41. The summed E-state index contributed by atoms with van der Waals surface area (Å²) in [5.41, 5.74) is 3.09. The molecule has 1 N–H and O–H groups in total. The highest BCUT2D eigenvalue weighted by Gasteiger charge is 2.21. The fourth-order valence-electron chi connectivity index (χ4n) is 3.48. The minimum Gasteiger partial charge on any atom is -0.322 e. The van der Waals surface area contributed by atoms with Crippen molar-refractivity contribution in [2.75, 3.05) is 0 Å². The monoisotopic (exact) mass is 293 g/mol. The van der Waals surface area contributed by atoms with E-state index in [9.17, 15) is 4.79 Å². The van der Waals surface area contributed by atoms with Crippen molar-refractivity contribution >= 4 is 10.9 Å². The van der Waals surface area contributed by atoms with Crippen molar-refractivity contribution in [2.24, 2.45) is 5.92 Å². The molecule has 0 amide bonds. The molecule has 22 heavy (non-hydrogen) atoms. The van der Waals surface area contributed by atoms with E-state index in [2.05, 4.69) is 41.9 Å². The van der Waals surface area contributed by atoms with Crippen LogP contribution < -0.4 is 5.56 Å². The number of nitrogens with one attached hydrogen (secondary N) is 1. The van der Waals surface area contributed by atoms with Crippen LogP contribution in [0, 0.1) is 5.92 Å². The summed E-state index contributed by atoms with van der Waals surface area (Å²) in [5.74, 6) is 1.01. The maximum Gasteiger partial charge on any atom is 0.251 e. The molecule has 1 aromatic carbocycles. The van der Waals surface area contributed by atoms with Gasteiger partial charge >= 0.3 is 0 Å². The highest BCUT2D eigenvalue weighted by atomic mass is 16.1. The summed E-state index contributed by atoms with van der Waals surface area (Å²) in [6.07, 6.45) is 10.9. The lowest BCUT2D eigenvalue weighted by molar-refractivity contribution is 0.437. The van der Waals surface area contributed by atoms with Crippen LogP contribution >= 0.6 is 0 Å². The smallest absolute Gasteiger partial charge is 0.251 e. The van der Waals surface area contributed by atoms with Gasteiger partial charge in [0, 0.05) is 17.0 Å². The number of aromatic amines is 1. The maximum atomic E-state index is 11.9. The summed E-state index contributed by atoms with van der Waals surface area (Å²) in [6.45, 7) is 6.07. The van der Waals surface area contributed by atoms with Crippen molar-refractivity contribution in [3.8, 4) is 0 Å². The normalized spacial score (nSPS) is 19.2. The van der Waals surface area contributed by atoms with E-state index in [1.54, 1.807) is 0 Å². The van der Waals surface area contributed by atoms with E-state index in [0.717, 1.165) is 35.7 Å². The van der Waals surface area contributed by atoms with Crippen molar-refractivity contribution in [3.63, 3.8) is 0 Å². The molecule has 1 aliphatic rings. The quantitative estimate of drug-likeness (QED) is 0.813. The molecule has 0 bridgehead atoms. The number of aromatic nitrogens is 1. The van der Waals surface area contributed by atoms with Gasteiger partial charge in [0.25, 0.3) is 5.56 Å². The van der Waals surface area contributed by atoms with Gasteiger partial charge in [-0.25, -0.2) is 0 Å². The van der Waals surface area contributed by atoms with Crippen LogP contribution in [0.3, 0.4) is 0 Å². The number of aryl methyl sites for hydroxylation is 1. The molecule has 0 radical (unpaired) electrons. The van der Waals surface area contributed by atoms with Crippen LogP contribution in [0.15, 0.2) is 53.9 Å². The van der Waals surface area contributed by atoms with E-state index in [4.69, 9.17) is 0 Å². The Morgan fingerprint density at radius 1 is 1.36 bits per heavy atom. The zero-order chi connectivity index (χ0) is 15.5. The predicted octanol–water partition coefficient (Wildman–Crippen LogP) is 4.72. The molecule has 114 valence electrons. The zero-order valence-corrected chi connectivity index (χ0v) is 13.1. The van der Waals surface area contributed by atoms with Crippen molar-refractivity contribution in [1.29, 1.82) is 0 Å². The molecule has 1 aromatic heterocycles. The van der Waals surface area contributed by atoms with Crippen LogP contribution in [0.1, 0.15) is 43.2 Å². The summed E-state index contributed by atoms with van der Waals surface area (Å²) in [4.78, 5) is 14.9. The molecule has 0 saturated heterocycles. The topological polar surface area (TPSA) is 32.9 Å². The van der Waals surface area contributed by atoms with Gasteiger partial charge < -0.3 is 4.98 Å². The number of pyridine rings is 1. The molecule has 1 aliphatic carbocycles. The van der Waals surface area contributed by atoms with E-state index in [1.165, 1.54) is 12.0 Å². The van der Waals surface area contributed by atoms with Crippen LogP contribution in [0.4, 0.5) is 0 Å². The standard InChI is InChI=1S/C20H23NO/c1-3-14-12-17-13-16(10-11-19(17)21-20(14)22)18(4-2)15-8-6-5-7-9-15/h4-6,10-13,15,18H,2-3,7-9H2,1H3,(H,21,22). The number of rotatable bonds is 4. The van der Waals surface area contributed by atoms with Crippen LogP contribution in [-0.4, -0.2) is 4.98 Å². The Balaban J connectivity index is 2.02. The molecule has 0 fully saturated rings. The number of allylic oxidation sites excluding steroid dienone is 3. The number of benzene rings is 1. The lowest BCUT2D eigenvalue weighted by Gasteiger charge is -2.26. The molecule has 2 unspecified atom stereocenters. The molecule has 1 heterocycles. The third-order valence-corrected chi connectivity index (χ3v) is 4.78. The fraction of sp³-hybridized carbons (Fsp3) is 0.350. The second kappa shape index (κ2) is 6.35. The van der Waals surface area contributed by atoms with Gasteiger partial charge in [0.2, 0.25) is 0 Å². The minimum absolute atomic E-state index is 0.0282. The van der Waals surface area contributed by atoms with Crippen molar-refractivity contribution < 1.29 is 0 Å². The number of fused-ring (bicyclic) bond motifs is 1. The first-order valence-corrected chi connectivity index (χ1v) is 8.16. The van der Waals surface area contributed by atoms with Crippen LogP contribution in [0.5, 0.6) is 0 Å². The Bertz CT molecular complexity index is 769. The Morgan fingerprint density at radius 3 is 2.91 bits per heavy atom. The van der Waals surface area contributed by atoms with Gasteiger partial charge in [-0.1, -0.05) is 31.2 Å². The van der Waals surface area contributed by atoms with E-state index in [1.807, 2.05) is 19.1 Å². The average molecular weight is 293 g/mol. The average Bonchev–Trinajstić information content (AvgIpc) is 2.56. The third-order valence-electron chi connectivity index (χ3n) is 4.78. The van der Waals surface area contributed by atoms with E-state index < -0.39 is 0 Å². The third kappa shape index (κ3) is 2.78. The second-order valence-electron chi connectivity index (χ2n) is 6.13. The summed E-state index contributed by atoms with van der Waals surface area (Å²) >= 11 is 0. The molecule has 0 aliphatic heterocycles. The number of hydrogen-bond donors (Lipinski definition) is 1. The maximum absolute atomic E-state index is 11.9. The molecule has 0 spiro atoms. The molecule has 2 atom stereocenters. The Labute approximate surface area is 131 Å². The van der Waals surface area contributed by atoms with Gasteiger partial charge in [-0.3, -0.25) is 4.79 Å². The molecule has 2 heteroatoms. The Morgan fingerprint density at radius 2 is 2.23 bits per heavy atom. The highest BCUT2D eigenvalue weighted by Crippen LogP contribution is 2.35. The first-order valence-electron chi connectivity index (χ1n) is 8.16. The van der Waals surface area contributed by atoms with E-state index >= 15 is 0 Å². The largest absolute Gasteiger partial charge is 0.322 e. The lowest BCUT2D eigenvalue weighted by Crippen LogP contribution is -2.13. The van der Waals surface area contributed by atoms with Crippen molar-refractivity contribution in [2.45, 2.75) is 38.5 Å². The van der Waals surface area contributed by atoms with Crippen molar-refractivity contribution in [1.82, 2.24) is 4.98 Å². The van der Waals surface area contributed by atoms with Gasteiger partial charge in [0.05, 0.1) is 0 Å². The summed E-state index contributed by atoms with van der Waals surface area (Å²) < 4.78 is 0. The Kier molecular flexibility index (Phi) is 4.28. The molecule has 2 aromatic rings. The minimum atomic E-state index is 0.0282. The number of hydrogen-bond acceptors (Lipinski definition) is 1. The fourth-order valence-corrected chi connectivity index (χ4v) is 3.48. The molecular formula is C20H23NO. The Hall–Kier alpha value is -2.09. The van der Waals surface area contributed by atoms with Gasteiger partial charge in [0.1, 0.15) is 0 Å². The van der Waals surface area contributed by atoms with Gasteiger partial charge in [0.15, 0.2) is 0 Å². The first-order chi connectivity index (χ1) is 10.7. The summed E-state index contributed by atoms with van der Waals surface area (Å²) in [5, 5.41) is 1.12. The molecule has 3 rings (SSSR count). The van der Waals surface area contributed by atoms with Crippen LogP contribution in [0.2, 0.25) is 0 Å². The molecule has 0 saturated carbocycles. The van der Waals surface area contributed by atoms with E-state index in [-0.39, 0.29) is 5.56 Å². The summed E-state index contributed by atoms with van der Waals surface area (Å²) in [7, 11) is 0. The van der Waals surface area contributed by atoms with E-state index in [0.29, 0.717) is 11.8 Å².